The first-order valence-electron chi connectivity index (χ1n) is 4.97. The lowest BCUT2D eigenvalue weighted by molar-refractivity contribution is 0.581. The molecule has 2 aromatic rings. The van der Waals surface area contributed by atoms with Gasteiger partial charge in [0, 0.05) is 25.1 Å². The Kier molecular flexibility index (Phi) is 3.21. The van der Waals surface area contributed by atoms with Crippen LogP contribution in [0.4, 0.5) is 0 Å². The number of aromatic nitrogens is 3. The number of hydrogen-bond acceptors (Lipinski definition) is 4. The van der Waals surface area contributed by atoms with Crippen LogP contribution in [0, 0.1) is 6.92 Å². The molecule has 0 spiro atoms. The molecule has 0 unspecified atom stereocenters. The summed E-state index contributed by atoms with van der Waals surface area (Å²) in [6.45, 7) is 2.12. The van der Waals surface area contributed by atoms with Crippen molar-refractivity contribution in [3.63, 3.8) is 0 Å². The van der Waals surface area contributed by atoms with Gasteiger partial charge in [0.2, 0.25) is 10.0 Å². The quantitative estimate of drug-likeness (QED) is 0.833. The number of rotatable bonds is 4. The fraction of sp³-hybridized carbons (Fsp3) is 0.200. The maximum atomic E-state index is 11.8. The first-order valence-corrected chi connectivity index (χ1v) is 6.46. The van der Waals surface area contributed by atoms with Gasteiger partial charge in [-0.3, -0.25) is 10.1 Å². The van der Waals surface area contributed by atoms with Crippen molar-refractivity contribution in [1.82, 2.24) is 19.9 Å². The van der Waals surface area contributed by atoms with Crippen LogP contribution in [0.5, 0.6) is 0 Å². The summed E-state index contributed by atoms with van der Waals surface area (Å²) in [5, 5.41) is 6.07. The Morgan fingerprint density at radius 3 is 2.88 bits per heavy atom. The average molecular weight is 252 g/mol. The Bertz CT molecular complexity index is 593. The zero-order valence-corrected chi connectivity index (χ0v) is 10.0. The maximum absolute atomic E-state index is 11.8. The van der Waals surface area contributed by atoms with Crippen molar-refractivity contribution >= 4 is 10.0 Å². The minimum atomic E-state index is -3.50. The van der Waals surface area contributed by atoms with Gasteiger partial charge in [0.15, 0.2) is 0 Å². The van der Waals surface area contributed by atoms with Gasteiger partial charge in [-0.1, -0.05) is 0 Å². The van der Waals surface area contributed by atoms with Gasteiger partial charge in [-0.25, -0.2) is 13.1 Å². The van der Waals surface area contributed by atoms with Gasteiger partial charge in [-0.05, 0) is 24.1 Å². The second-order valence-electron chi connectivity index (χ2n) is 3.56. The predicted octanol–water partition coefficient (Wildman–Crippen LogP) is 0.592. The van der Waals surface area contributed by atoms with E-state index >= 15 is 0 Å². The summed E-state index contributed by atoms with van der Waals surface area (Å²) >= 11 is 0. The minimum absolute atomic E-state index is 0.124. The fourth-order valence-electron chi connectivity index (χ4n) is 1.32. The SMILES string of the molecule is Cc1ccncc1CNS(=O)(=O)c1cn[nH]c1. The van der Waals surface area contributed by atoms with E-state index in [1.807, 2.05) is 13.0 Å². The van der Waals surface area contributed by atoms with Crippen molar-refractivity contribution in [2.45, 2.75) is 18.4 Å². The highest BCUT2D eigenvalue weighted by atomic mass is 32.2. The number of sulfonamides is 1. The smallest absolute Gasteiger partial charge is 0.243 e. The Labute approximate surface area is 99.1 Å². The molecule has 0 aliphatic rings. The molecule has 0 radical (unpaired) electrons. The van der Waals surface area contributed by atoms with Crippen molar-refractivity contribution in [1.29, 1.82) is 0 Å². The molecule has 17 heavy (non-hydrogen) atoms. The van der Waals surface area contributed by atoms with Gasteiger partial charge >= 0.3 is 0 Å². The number of hydrogen-bond donors (Lipinski definition) is 2. The molecule has 7 heteroatoms. The van der Waals surface area contributed by atoms with E-state index in [-0.39, 0.29) is 11.4 Å². The number of aromatic amines is 1. The summed E-state index contributed by atoms with van der Waals surface area (Å²) in [7, 11) is -3.50. The number of nitrogens with one attached hydrogen (secondary N) is 2. The highest BCUT2D eigenvalue weighted by Crippen LogP contribution is 2.08. The summed E-state index contributed by atoms with van der Waals surface area (Å²) in [6, 6.07) is 1.83. The lowest BCUT2D eigenvalue weighted by Crippen LogP contribution is -2.23. The van der Waals surface area contributed by atoms with Crippen LogP contribution in [0.3, 0.4) is 0 Å². The summed E-state index contributed by atoms with van der Waals surface area (Å²) < 4.78 is 26.1. The maximum Gasteiger partial charge on any atom is 0.243 e. The molecule has 0 atom stereocenters. The number of nitrogens with zero attached hydrogens (tertiary/aromatic N) is 2. The molecular weight excluding hydrogens is 240 g/mol. The first kappa shape index (κ1) is 11.7. The molecule has 90 valence electrons. The molecule has 0 aliphatic carbocycles. The molecule has 6 nitrogen and oxygen atoms in total. The van der Waals surface area contributed by atoms with Crippen LogP contribution in [0.1, 0.15) is 11.1 Å². The van der Waals surface area contributed by atoms with E-state index in [1.165, 1.54) is 12.4 Å². The van der Waals surface area contributed by atoms with E-state index in [9.17, 15) is 8.42 Å². The van der Waals surface area contributed by atoms with Gasteiger partial charge in [-0.2, -0.15) is 5.10 Å². The lowest BCUT2D eigenvalue weighted by Gasteiger charge is -2.06. The Balaban J connectivity index is 2.12. The third-order valence-electron chi connectivity index (χ3n) is 2.38. The summed E-state index contributed by atoms with van der Waals surface area (Å²) in [6.07, 6.45) is 5.91. The number of pyridine rings is 1. The molecule has 0 aliphatic heterocycles. The van der Waals surface area contributed by atoms with Crippen LogP contribution in [-0.2, 0) is 16.6 Å². The van der Waals surface area contributed by atoms with E-state index in [0.717, 1.165) is 11.1 Å². The molecule has 0 aromatic carbocycles. The van der Waals surface area contributed by atoms with Gasteiger partial charge in [-0.15, -0.1) is 0 Å². The van der Waals surface area contributed by atoms with Gasteiger partial charge in [0.1, 0.15) is 4.90 Å². The summed E-state index contributed by atoms with van der Waals surface area (Å²) in [5.74, 6) is 0. The van der Waals surface area contributed by atoms with E-state index in [4.69, 9.17) is 0 Å². The van der Waals surface area contributed by atoms with Crippen molar-refractivity contribution in [2.75, 3.05) is 0 Å². The van der Waals surface area contributed by atoms with Gasteiger partial charge in [0.05, 0.1) is 6.20 Å². The highest BCUT2D eigenvalue weighted by molar-refractivity contribution is 7.89. The molecule has 2 aromatic heterocycles. The van der Waals surface area contributed by atoms with Gasteiger partial charge in [0.25, 0.3) is 0 Å². The van der Waals surface area contributed by atoms with Crippen LogP contribution < -0.4 is 4.72 Å². The fourth-order valence-corrected chi connectivity index (χ4v) is 2.24. The Morgan fingerprint density at radius 2 is 2.24 bits per heavy atom. The monoisotopic (exact) mass is 252 g/mol. The molecule has 2 N–H and O–H groups in total. The van der Waals surface area contributed by atoms with Crippen molar-refractivity contribution in [2.24, 2.45) is 0 Å². The number of aryl methyl sites for hydroxylation is 1. The van der Waals surface area contributed by atoms with Crippen LogP contribution in [-0.4, -0.2) is 23.6 Å². The lowest BCUT2D eigenvalue weighted by atomic mass is 10.2. The number of H-pyrrole nitrogens is 1. The zero-order valence-electron chi connectivity index (χ0n) is 9.21. The minimum Gasteiger partial charge on any atom is -0.284 e. The third kappa shape index (κ3) is 2.69. The van der Waals surface area contributed by atoms with Crippen LogP contribution in [0.2, 0.25) is 0 Å². The Morgan fingerprint density at radius 1 is 1.41 bits per heavy atom. The summed E-state index contributed by atoms with van der Waals surface area (Å²) in [5.41, 5.74) is 1.84. The molecule has 0 saturated heterocycles. The highest BCUT2D eigenvalue weighted by Gasteiger charge is 2.14. The predicted molar refractivity (Wildman–Crippen MR) is 61.6 cm³/mol. The molecular formula is C10H12N4O2S. The van der Waals surface area contributed by atoms with Crippen LogP contribution >= 0.6 is 0 Å². The second kappa shape index (κ2) is 4.64. The van der Waals surface area contributed by atoms with Gasteiger partial charge < -0.3 is 0 Å². The van der Waals surface area contributed by atoms with E-state index in [2.05, 4.69) is 19.9 Å². The Hall–Kier alpha value is -1.73. The summed E-state index contributed by atoms with van der Waals surface area (Å²) in [4.78, 5) is 4.08. The van der Waals surface area contributed by atoms with E-state index in [0.29, 0.717) is 0 Å². The topological polar surface area (TPSA) is 87.7 Å². The second-order valence-corrected chi connectivity index (χ2v) is 5.33. The van der Waals surface area contributed by atoms with Crippen LogP contribution in [0.15, 0.2) is 35.7 Å². The van der Waals surface area contributed by atoms with Crippen LogP contribution in [0.25, 0.3) is 0 Å². The molecule has 2 heterocycles. The van der Waals surface area contributed by atoms with E-state index in [1.54, 1.807) is 12.4 Å². The molecule has 0 saturated carbocycles. The average Bonchev–Trinajstić information content (AvgIpc) is 2.82. The molecule has 2 rings (SSSR count). The standard InChI is InChI=1S/C10H12N4O2S/c1-8-2-3-11-4-9(8)5-14-17(15,16)10-6-12-13-7-10/h2-4,6-7,14H,5H2,1H3,(H,12,13). The molecule has 0 amide bonds. The van der Waals surface area contributed by atoms with Crippen molar-refractivity contribution in [3.05, 3.63) is 42.0 Å². The zero-order chi connectivity index (χ0) is 12.3. The molecule has 0 fully saturated rings. The largest absolute Gasteiger partial charge is 0.284 e. The van der Waals surface area contributed by atoms with E-state index < -0.39 is 10.0 Å². The van der Waals surface area contributed by atoms with Crippen molar-refractivity contribution in [3.8, 4) is 0 Å². The molecule has 0 bridgehead atoms. The third-order valence-corrected chi connectivity index (χ3v) is 3.75. The normalized spacial score (nSPS) is 11.6. The van der Waals surface area contributed by atoms with Crippen molar-refractivity contribution < 1.29 is 8.42 Å². The first-order chi connectivity index (χ1) is 8.09.